The Labute approximate surface area is 116 Å². The van der Waals surface area contributed by atoms with Crippen molar-refractivity contribution in [3.8, 4) is 11.8 Å². The largest absolute Gasteiger partial charge is 0.439 e. The Morgan fingerprint density at radius 2 is 2.20 bits per heavy atom. The number of carbonyl (C=O) groups excluding carboxylic acids is 1. The number of anilines is 1. The first-order valence-electron chi connectivity index (χ1n) is 6.32. The maximum atomic E-state index is 12.0. The van der Waals surface area contributed by atoms with E-state index >= 15 is 0 Å². The normalized spacial score (nSPS) is 22.6. The van der Waals surface area contributed by atoms with Gasteiger partial charge in [-0.2, -0.15) is 5.26 Å². The number of para-hydroxylation sites is 2. The standard InChI is InChI=1S/C16H12N2O2/c17-10-9-14(19)11-5-1-2-6-12(11)16-18-13-7-3-4-8-15(13)20-16/h1-8,11,18H,9H2/b16-12+. The van der Waals surface area contributed by atoms with Gasteiger partial charge in [-0.25, -0.2) is 0 Å². The number of Topliss-reactive ketones (excluding diaryl/α,β-unsaturated/α-hetero) is 1. The summed E-state index contributed by atoms with van der Waals surface area (Å²) < 4.78 is 5.75. The number of nitrogens with one attached hydrogen (secondary N) is 1. The maximum Gasteiger partial charge on any atom is 0.202 e. The van der Waals surface area contributed by atoms with Crippen LogP contribution >= 0.6 is 0 Å². The first kappa shape index (κ1) is 12.2. The number of carbonyl (C=O) groups is 1. The number of ketones is 1. The molecule has 1 aromatic carbocycles. The zero-order chi connectivity index (χ0) is 13.9. The molecule has 0 saturated heterocycles. The Morgan fingerprint density at radius 1 is 1.35 bits per heavy atom. The van der Waals surface area contributed by atoms with Gasteiger partial charge in [0.2, 0.25) is 5.88 Å². The van der Waals surface area contributed by atoms with Crippen molar-refractivity contribution in [2.24, 2.45) is 5.92 Å². The van der Waals surface area contributed by atoms with E-state index < -0.39 is 5.92 Å². The van der Waals surface area contributed by atoms with Crippen molar-refractivity contribution < 1.29 is 9.53 Å². The molecule has 1 heterocycles. The Hall–Kier alpha value is -2.80. The van der Waals surface area contributed by atoms with Gasteiger partial charge in [-0.1, -0.05) is 36.4 Å². The number of fused-ring (bicyclic) bond motifs is 1. The van der Waals surface area contributed by atoms with Gasteiger partial charge < -0.3 is 10.1 Å². The highest BCUT2D eigenvalue weighted by atomic mass is 16.5. The van der Waals surface area contributed by atoms with Gasteiger partial charge in [0.1, 0.15) is 0 Å². The van der Waals surface area contributed by atoms with E-state index in [1.54, 1.807) is 6.08 Å². The highest BCUT2D eigenvalue weighted by Crippen LogP contribution is 2.36. The second-order valence-electron chi connectivity index (χ2n) is 4.53. The van der Waals surface area contributed by atoms with Crippen LogP contribution in [0.3, 0.4) is 0 Å². The van der Waals surface area contributed by atoms with Crippen LogP contribution in [0, 0.1) is 17.2 Å². The van der Waals surface area contributed by atoms with Gasteiger partial charge in [-0.3, -0.25) is 4.79 Å². The lowest BCUT2D eigenvalue weighted by atomic mass is 9.89. The molecule has 1 aromatic rings. The summed E-state index contributed by atoms with van der Waals surface area (Å²) in [7, 11) is 0. The van der Waals surface area contributed by atoms with Gasteiger partial charge in [0.15, 0.2) is 11.5 Å². The summed E-state index contributed by atoms with van der Waals surface area (Å²) in [5.74, 6) is 0.737. The fourth-order valence-electron chi connectivity index (χ4n) is 2.28. The molecule has 3 rings (SSSR count). The first-order chi connectivity index (χ1) is 9.79. The zero-order valence-electron chi connectivity index (χ0n) is 10.7. The van der Waals surface area contributed by atoms with Gasteiger partial charge in [0, 0.05) is 5.57 Å². The van der Waals surface area contributed by atoms with Gasteiger partial charge >= 0.3 is 0 Å². The number of nitrogens with zero attached hydrogens (tertiary/aromatic N) is 1. The van der Waals surface area contributed by atoms with E-state index in [2.05, 4.69) is 5.32 Å². The topological polar surface area (TPSA) is 62.1 Å². The number of allylic oxidation sites excluding steroid dienone is 5. The number of rotatable bonds is 2. The molecule has 0 aromatic heterocycles. The van der Waals surface area contributed by atoms with Crippen LogP contribution < -0.4 is 10.1 Å². The minimum Gasteiger partial charge on any atom is -0.439 e. The molecule has 0 amide bonds. The molecule has 1 N–H and O–H groups in total. The quantitative estimate of drug-likeness (QED) is 0.892. The van der Waals surface area contributed by atoms with Crippen molar-refractivity contribution >= 4 is 11.5 Å². The number of benzene rings is 1. The summed E-state index contributed by atoms with van der Waals surface area (Å²) in [5.41, 5.74) is 1.63. The van der Waals surface area contributed by atoms with Gasteiger partial charge in [0.05, 0.1) is 24.1 Å². The lowest BCUT2D eigenvalue weighted by Crippen LogP contribution is -2.18. The molecule has 1 atom stereocenters. The minimum atomic E-state index is -0.434. The van der Waals surface area contributed by atoms with Crippen LogP contribution in [0.25, 0.3) is 0 Å². The monoisotopic (exact) mass is 264 g/mol. The lowest BCUT2D eigenvalue weighted by Gasteiger charge is -2.16. The van der Waals surface area contributed by atoms with E-state index in [0.29, 0.717) is 5.88 Å². The molecule has 1 aliphatic carbocycles. The average Bonchev–Trinajstić information content (AvgIpc) is 2.91. The molecule has 98 valence electrons. The Balaban J connectivity index is 1.95. The third kappa shape index (κ3) is 2.10. The fraction of sp³-hybridized carbons (Fsp3) is 0.125. The molecule has 1 unspecified atom stereocenters. The maximum absolute atomic E-state index is 12.0. The van der Waals surface area contributed by atoms with Crippen LogP contribution in [0.15, 0.2) is 60.0 Å². The number of ether oxygens (including phenoxy) is 1. The smallest absolute Gasteiger partial charge is 0.202 e. The lowest BCUT2D eigenvalue weighted by molar-refractivity contribution is -0.119. The molecule has 0 bridgehead atoms. The summed E-state index contributed by atoms with van der Waals surface area (Å²) in [6, 6.07) is 9.49. The molecule has 0 spiro atoms. The average molecular weight is 264 g/mol. The van der Waals surface area contributed by atoms with Crippen molar-refractivity contribution in [3.63, 3.8) is 0 Å². The third-order valence-electron chi connectivity index (χ3n) is 3.24. The second kappa shape index (κ2) is 5.06. The van der Waals surface area contributed by atoms with Crippen LogP contribution in [0.2, 0.25) is 0 Å². The van der Waals surface area contributed by atoms with Crippen LogP contribution in [-0.2, 0) is 4.79 Å². The predicted octanol–water partition coefficient (Wildman–Crippen LogP) is 2.93. The van der Waals surface area contributed by atoms with Crippen LogP contribution in [-0.4, -0.2) is 5.78 Å². The SMILES string of the molecule is N#CCC(=O)C1C=CC=C/C1=C1/Nc2ccccc2O1. The van der Waals surface area contributed by atoms with E-state index in [0.717, 1.165) is 17.0 Å². The van der Waals surface area contributed by atoms with Gasteiger partial charge in [-0.05, 0) is 12.1 Å². The summed E-state index contributed by atoms with van der Waals surface area (Å²) in [6.45, 7) is 0. The number of hydrogen-bond donors (Lipinski definition) is 1. The van der Waals surface area contributed by atoms with Gasteiger partial charge in [-0.15, -0.1) is 0 Å². The second-order valence-corrected chi connectivity index (χ2v) is 4.53. The molecule has 2 aliphatic rings. The van der Waals surface area contributed by atoms with Crippen LogP contribution in [0.5, 0.6) is 5.75 Å². The fourth-order valence-corrected chi connectivity index (χ4v) is 2.28. The molecule has 0 radical (unpaired) electrons. The van der Waals surface area contributed by atoms with E-state index in [-0.39, 0.29) is 12.2 Å². The Kier molecular flexibility index (Phi) is 3.10. The van der Waals surface area contributed by atoms with Crippen LogP contribution in [0.1, 0.15) is 6.42 Å². The number of nitriles is 1. The molecular weight excluding hydrogens is 252 g/mol. The van der Waals surface area contributed by atoms with Crippen molar-refractivity contribution in [1.29, 1.82) is 5.26 Å². The van der Waals surface area contributed by atoms with Crippen LogP contribution in [0.4, 0.5) is 5.69 Å². The highest BCUT2D eigenvalue weighted by Gasteiger charge is 2.27. The third-order valence-corrected chi connectivity index (χ3v) is 3.24. The van der Waals surface area contributed by atoms with Gasteiger partial charge in [0.25, 0.3) is 0 Å². The Morgan fingerprint density at radius 3 is 3.00 bits per heavy atom. The Bertz CT molecular complexity index is 666. The van der Waals surface area contributed by atoms with Crippen molar-refractivity contribution in [2.45, 2.75) is 6.42 Å². The molecule has 4 heteroatoms. The minimum absolute atomic E-state index is 0.105. The summed E-state index contributed by atoms with van der Waals surface area (Å²) >= 11 is 0. The molecule has 20 heavy (non-hydrogen) atoms. The van der Waals surface area contributed by atoms with E-state index in [1.807, 2.05) is 48.6 Å². The molecule has 0 saturated carbocycles. The summed E-state index contributed by atoms with van der Waals surface area (Å²) in [6.07, 6.45) is 7.19. The molecular formula is C16H12N2O2. The molecule has 0 fully saturated rings. The zero-order valence-corrected chi connectivity index (χ0v) is 10.7. The molecule has 1 aliphatic heterocycles. The molecule has 4 nitrogen and oxygen atoms in total. The van der Waals surface area contributed by atoms with Crippen molar-refractivity contribution in [1.82, 2.24) is 0 Å². The number of hydrogen-bond acceptors (Lipinski definition) is 4. The van der Waals surface area contributed by atoms with E-state index in [1.165, 1.54) is 0 Å². The summed E-state index contributed by atoms with van der Waals surface area (Å²) in [4.78, 5) is 12.0. The predicted molar refractivity (Wildman–Crippen MR) is 74.7 cm³/mol. The first-order valence-corrected chi connectivity index (χ1v) is 6.32. The van der Waals surface area contributed by atoms with E-state index in [4.69, 9.17) is 10.00 Å². The van der Waals surface area contributed by atoms with Crippen molar-refractivity contribution in [2.75, 3.05) is 5.32 Å². The summed E-state index contributed by atoms with van der Waals surface area (Å²) in [5, 5.41) is 11.9. The van der Waals surface area contributed by atoms with E-state index in [9.17, 15) is 4.79 Å². The highest BCUT2D eigenvalue weighted by molar-refractivity contribution is 5.88. The van der Waals surface area contributed by atoms with Crippen molar-refractivity contribution in [3.05, 3.63) is 60.0 Å².